The zero-order chi connectivity index (χ0) is 13.2. The fraction of sp³-hybridized carbons (Fsp3) is 0.400. The van der Waals surface area contributed by atoms with Crippen LogP contribution in [0.15, 0.2) is 23.1 Å². The molecule has 0 saturated heterocycles. The second-order valence-corrected chi connectivity index (χ2v) is 5.93. The highest BCUT2D eigenvalue weighted by molar-refractivity contribution is 7.92. The summed E-state index contributed by atoms with van der Waals surface area (Å²) in [6.07, 6.45) is -0.915. The van der Waals surface area contributed by atoms with Gasteiger partial charge in [0.2, 0.25) is 9.84 Å². The van der Waals surface area contributed by atoms with Gasteiger partial charge in [0.15, 0.2) is 5.44 Å². The van der Waals surface area contributed by atoms with Gasteiger partial charge >= 0.3 is 0 Å². The maximum atomic E-state index is 11.9. The molecule has 1 aromatic rings. The SMILES string of the molecule is CC(O)Nc1ccc(N)cc1S(=O)(=O)C(C)O. The van der Waals surface area contributed by atoms with Crippen LogP contribution in [0.5, 0.6) is 0 Å². The maximum absolute atomic E-state index is 11.9. The molecule has 96 valence electrons. The molecule has 0 aliphatic carbocycles. The summed E-state index contributed by atoms with van der Waals surface area (Å²) in [6, 6.07) is 4.19. The van der Waals surface area contributed by atoms with Crippen molar-refractivity contribution in [3.8, 4) is 0 Å². The number of nitrogen functional groups attached to an aromatic ring is 1. The van der Waals surface area contributed by atoms with Crippen LogP contribution >= 0.6 is 0 Å². The molecule has 0 aromatic heterocycles. The summed E-state index contributed by atoms with van der Waals surface area (Å²) >= 11 is 0. The third-order valence-electron chi connectivity index (χ3n) is 2.13. The van der Waals surface area contributed by atoms with E-state index in [0.29, 0.717) is 0 Å². The molecule has 1 rings (SSSR count). The van der Waals surface area contributed by atoms with Gasteiger partial charge in [0.25, 0.3) is 0 Å². The normalized spacial score (nSPS) is 15.3. The first-order valence-electron chi connectivity index (χ1n) is 5.01. The van der Waals surface area contributed by atoms with Crippen molar-refractivity contribution in [2.45, 2.75) is 30.4 Å². The molecule has 0 saturated carbocycles. The van der Waals surface area contributed by atoms with Gasteiger partial charge in [0, 0.05) is 5.69 Å². The highest BCUT2D eigenvalue weighted by atomic mass is 32.2. The lowest BCUT2D eigenvalue weighted by Crippen LogP contribution is -2.21. The summed E-state index contributed by atoms with van der Waals surface area (Å²) < 4.78 is 23.7. The van der Waals surface area contributed by atoms with E-state index in [-0.39, 0.29) is 16.3 Å². The van der Waals surface area contributed by atoms with Gasteiger partial charge in [0.1, 0.15) is 6.23 Å². The smallest absolute Gasteiger partial charge is 0.206 e. The van der Waals surface area contributed by atoms with E-state index in [9.17, 15) is 18.6 Å². The Labute approximate surface area is 100.0 Å². The van der Waals surface area contributed by atoms with Crippen LogP contribution in [-0.2, 0) is 9.84 Å². The van der Waals surface area contributed by atoms with Gasteiger partial charge in [-0.3, -0.25) is 0 Å². The Bertz CT molecular complexity index is 497. The number of hydrogen-bond donors (Lipinski definition) is 4. The molecule has 0 radical (unpaired) electrons. The Morgan fingerprint density at radius 2 is 1.88 bits per heavy atom. The molecule has 0 bridgehead atoms. The zero-order valence-electron chi connectivity index (χ0n) is 9.58. The minimum Gasteiger partial charge on any atom is -0.399 e. The molecule has 0 fully saturated rings. The minimum absolute atomic E-state index is 0.131. The molecule has 7 heteroatoms. The molecule has 6 nitrogen and oxygen atoms in total. The van der Waals surface area contributed by atoms with Gasteiger partial charge < -0.3 is 21.3 Å². The number of nitrogens with one attached hydrogen (secondary N) is 1. The first kappa shape index (κ1) is 13.8. The molecule has 0 spiro atoms. The maximum Gasteiger partial charge on any atom is 0.206 e. The monoisotopic (exact) mass is 260 g/mol. The van der Waals surface area contributed by atoms with Gasteiger partial charge in [-0.1, -0.05) is 0 Å². The number of benzene rings is 1. The average molecular weight is 260 g/mol. The van der Waals surface area contributed by atoms with E-state index in [1.807, 2.05) is 0 Å². The molecular formula is C10H16N2O4S. The molecule has 2 unspecified atom stereocenters. The van der Waals surface area contributed by atoms with E-state index in [2.05, 4.69) is 5.32 Å². The van der Waals surface area contributed by atoms with Crippen LogP contribution in [-0.4, -0.2) is 30.3 Å². The number of rotatable bonds is 4. The van der Waals surface area contributed by atoms with Crippen LogP contribution in [0.1, 0.15) is 13.8 Å². The fourth-order valence-electron chi connectivity index (χ4n) is 1.30. The lowest BCUT2D eigenvalue weighted by molar-refractivity contribution is 0.224. The highest BCUT2D eigenvalue weighted by Crippen LogP contribution is 2.27. The molecular weight excluding hydrogens is 244 g/mol. The van der Waals surface area contributed by atoms with E-state index in [4.69, 9.17) is 5.73 Å². The molecule has 0 amide bonds. The third kappa shape index (κ3) is 3.09. The minimum atomic E-state index is -3.87. The second-order valence-electron chi connectivity index (χ2n) is 3.72. The second kappa shape index (κ2) is 4.91. The quantitative estimate of drug-likeness (QED) is 0.452. The standard InChI is InChI=1S/C10H16N2O4S/c1-6(13)12-9-4-3-8(11)5-10(9)17(15,16)7(2)14/h3-7,12-14H,11H2,1-2H3. The zero-order valence-corrected chi connectivity index (χ0v) is 10.4. The number of hydrogen-bond acceptors (Lipinski definition) is 6. The summed E-state index contributed by atoms with van der Waals surface area (Å²) in [4.78, 5) is -0.131. The molecule has 1 aromatic carbocycles. The number of anilines is 2. The largest absolute Gasteiger partial charge is 0.399 e. The Morgan fingerprint density at radius 1 is 1.29 bits per heavy atom. The fourth-order valence-corrected chi connectivity index (χ4v) is 2.40. The lowest BCUT2D eigenvalue weighted by Gasteiger charge is -2.16. The summed E-state index contributed by atoms with van der Waals surface area (Å²) in [7, 11) is -3.87. The molecule has 17 heavy (non-hydrogen) atoms. The van der Waals surface area contributed by atoms with Crippen molar-refractivity contribution in [2.24, 2.45) is 0 Å². The van der Waals surface area contributed by atoms with Crippen molar-refractivity contribution in [2.75, 3.05) is 11.1 Å². The average Bonchev–Trinajstić information content (AvgIpc) is 2.19. The van der Waals surface area contributed by atoms with Gasteiger partial charge in [0.05, 0.1) is 10.6 Å². The summed E-state index contributed by atoms with van der Waals surface area (Å²) in [5, 5.41) is 21.0. The van der Waals surface area contributed by atoms with Crippen LogP contribution in [0.25, 0.3) is 0 Å². The van der Waals surface area contributed by atoms with Gasteiger partial charge in [-0.05, 0) is 32.0 Å². The number of aliphatic hydroxyl groups is 2. The van der Waals surface area contributed by atoms with E-state index in [1.54, 1.807) is 0 Å². The Morgan fingerprint density at radius 3 is 2.35 bits per heavy atom. The van der Waals surface area contributed by atoms with Crippen molar-refractivity contribution in [3.05, 3.63) is 18.2 Å². The van der Waals surface area contributed by atoms with Gasteiger partial charge in [-0.2, -0.15) is 0 Å². The van der Waals surface area contributed by atoms with E-state index >= 15 is 0 Å². The van der Waals surface area contributed by atoms with Crippen molar-refractivity contribution < 1.29 is 18.6 Å². The summed E-state index contributed by atoms with van der Waals surface area (Å²) in [5.41, 5.74) is 4.44. The molecule has 0 aliphatic rings. The first-order chi connectivity index (χ1) is 7.75. The number of aliphatic hydroxyl groups excluding tert-OH is 2. The van der Waals surface area contributed by atoms with Crippen molar-refractivity contribution >= 4 is 21.2 Å². The Hall–Kier alpha value is -1.31. The predicted octanol–water partition coefficient (Wildman–Crippen LogP) is 0.131. The first-order valence-corrected chi connectivity index (χ1v) is 6.56. The molecule has 0 aliphatic heterocycles. The number of nitrogens with two attached hydrogens (primary N) is 1. The molecule has 2 atom stereocenters. The highest BCUT2D eigenvalue weighted by Gasteiger charge is 2.24. The van der Waals surface area contributed by atoms with Crippen LogP contribution in [0.3, 0.4) is 0 Å². The Kier molecular flexibility index (Phi) is 3.97. The van der Waals surface area contributed by atoms with Crippen molar-refractivity contribution in [3.63, 3.8) is 0 Å². The Balaban J connectivity index is 3.35. The van der Waals surface area contributed by atoms with Crippen LogP contribution < -0.4 is 11.1 Å². The predicted molar refractivity (Wildman–Crippen MR) is 65.0 cm³/mol. The van der Waals surface area contributed by atoms with Crippen LogP contribution in [0, 0.1) is 0 Å². The topological polar surface area (TPSA) is 113 Å². The van der Waals surface area contributed by atoms with Crippen LogP contribution in [0.4, 0.5) is 11.4 Å². The molecule has 5 N–H and O–H groups in total. The van der Waals surface area contributed by atoms with Gasteiger partial charge in [-0.15, -0.1) is 0 Å². The van der Waals surface area contributed by atoms with Crippen molar-refractivity contribution in [1.82, 2.24) is 0 Å². The van der Waals surface area contributed by atoms with Crippen molar-refractivity contribution in [1.29, 1.82) is 0 Å². The summed E-state index contributed by atoms with van der Waals surface area (Å²) in [5.74, 6) is 0. The number of sulfone groups is 1. The van der Waals surface area contributed by atoms with Gasteiger partial charge in [-0.25, -0.2) is 8.42 Å². The van der Waals surface area contributed by atoms with Crippen LogP contribution in [0.2, 0.25) is 0 Å². The third-order valence-corrected chi connectivity index (χ3v) is 3.97. The molecule has 0 heterocycles. The van der Waals surface area contributed by atoms with E-state index in [0.717, 1.165) is 6.92 Å². The van der Waals surface area contributed by atoms with E-state index < -0.39 is 21.5 Å². The summed E-state index contributed by atoms with van der Waals surface area (Å²) in [6.45, 7) is 2.61. The lowest BCUT2D eigenvalue weighted by atomic mass is 10.3. The van der Waals surface area contributed by atoms with E-state index in [1.165, 1.54) is 25.1 Å².